The van der Waals surface area contributed by atoms with Gasteiger partial charge in [0.05, 0.1) is 11.3 Å². The average molecular weight is 268 g/mol. The monoisotopic (exact) mass is 267 g/mol. The Kier molecular flexibility index (Phi) is 3.20. The topological polar surface area (TPSA) is 66.1 Å². The van der Waals surface area contributed by atoms with Crippen molar-refractivity contribution in [1.29, 1.82) is 0 Å². The maximum Gasteiger partial charge on any atom is 0.356 e. The molecule has 1 heterocycles. The molecule has 6 nitrogen and oxygen atoms in total. The third kappa shape index (κ3) is 2.02. The summed E-state index contributed by atoms with van der Waals surface area (Å²) in [5.74, 6) is -0.107. The van der Waals surface area contributed by atoms with Gasteiger partial charge in [-0.1, -0.05) is 6.07 Å². The molecule has 1 aromatic carbocycles. The van der Waals surface area contributed by atoms with Crippen LogP contribution in [0.5, 0.6) is 0 Å². The van der Waals surface area contributed by atoms with E-state index in [4.69, 9.17) is 11.9 Å². The third-order valence-electron chi connectivity index (χ3n) is 2.59. The minimum Gasteiger partial charge on any atom is -0.343 e. The van der Waals surface area contributed by atoms with Gasteiger partial charge in [-0.2, -0.15) is 9.78 Å². The van der Waals surface area contributed by atoms with E-state index in [1.165, 1.54) is 21.4 Å². The van der Waals surface area contributed by atoms with E-state index in [9.17, 15) is 9.59 Å². The second-order valence-corrected chi connectivity index (χ2v) is 3.87. The average Bonchev–Trinajstić information content (AvgIpc) is 2.66. The third-order valence-corrected chi connectivity index (χ3v) is 2.73. The van der Waals surface area contributed by atoms with Crippen molar-refractivity contribution in [3.8, 4) is 5.69 Å². The highest BCUT2D eigenvalue weighted by Crippen LogP contribution is 2.10. The lowest BCUT2D eigenvalue weighted by molar-refractivity contribution is 0.0751. The molecular formula is C11H10ClN3O3. The van der Waals surface area contributed by atoms with Crippen LogP contribution in [0.25, 0.3) is 5.69 Å². The molecule has 7 heteroatoms. The molecule has 0 unspecified atom stereocenters. The molecule has 0 fully saturated rings. The minimum absolute atomic E-state index is 0.248. The van der Waals surface area contributed by atoms with E-state index in [2.05, 4.69) is 9.39 Å². The number of halogens is 1. The van der Waals surface area contributed by atoms with Crippen LogP contribution in [0.3, 0.4) is 0 Å². The fourth-order valence-electron chi connectivity index (χ4n) is 1.51. The highest BCUT2D eigenvalue weighted by Gasteiger charge is 2.11. The Balaban J connectivity index is 2.55. The molecule has 18 heavy (non-hydrogen) atoms. The summed E-state index contributed by atoms with van der Waals surface area (Å²) in [4.78, 5) is 23.1. The van der Waals surface area contributed by atoms with Crippen molar-refractivity contribution in [2.45, 2.75) is 6.92 Å². The first-order chi connectivity index (χ1) is 8.54. The molecule has 0 saturated heterocycles. The van der Waals surface area contributed by atoms with E-state index in [0.717, 1.165) is 0 Å². The summed E-state index contributed by atoms with van der Waals surface area (Å²) in [6.45, 7) is 1.72. The van der Waals surface area contributed by atoms with Gasteiger partial charge in [-0.05, 0) is 25.1 Å². The summed E-state index contributed by atoms with van der Waals surface area (Å²) >= 11 is 5.01. The normalized spacial score (nSPS) is 10.4. The van der Waals surface area contributed by atoms with Gasteiger partial charge < -0.3 is 4.29 Å². The molecule has 0 spiro atoms. The molecule has 94 valence electrons. The summed E-state index contributed by atoms with van der Waals surface area (Å²) in [5, 5.41) is 4.09. The Hall–Kier alpha value is -2.08. The van der Waals surface area contributed by atoms with Crippen LogP contribution >= 0.6 is 11.9 Å². The standard InChI is InChI=1S/C11H10ClN3O3/c1-7-13-15(11(17)14(7)2)9-5-3-4-8(6-9)10(16)18-12/h3-6H,1-2H3. The first kappa shape index (κ1) is 12.4. The van der Waals surface area contributed by atoms with E-state index in [-0.39, 0.29) is 11.3 Å². The number of aromatic nitrogens is 3. The quantitative estimate of drug-likeness (QED) is 0.820. The molecule has 0 aliphatic rings. The van der Waals surface area contributed by atoms with Crippen LogP contribution in [0, 0.1) is 6.92 Å². The van der Waals surface area contributed by atoms with Crippen molar-refractivity contribution >= 4 is 17.8 Å². The maximum absolute atomic E-state index is 11.9. The second kappa shape index (κ2) is 4.66. The van der Waals surface area contributed by atoms with Gasteiger partial charge >= 0.3 is 11.7 Å². The molecule has 0 N–H and O–H groups in total. The highest BCUT2D eigenvalue weighted by molar-refractivity contribution is 6.15. The van der Waals surface area contributed by atoms with Crippen molar-refractivity contribution in [2.24, 2.45) is 7.05 Å². The van der Waals surface area contributed by atoms with Crippen molar-refractivity contribution in [3.05, 3.63) is 46.1 Å². The van der Waals surface area contributed by atoms with Crippen LogP contribution in [0.15, 0.2) is 29.1 Å². The van der Waals surface area contributed by atoms with Gasteiger partial charge in [-0.3, -0.25) is 4.57 Å². The van der Waals surface area contributed by atoms with Crippen LogP contribution in [0.2, 0.25) is 0 Å². The number of nitrogens with zero attached hydrogens (tertiary/aromatic N) is 3. The Morgan fingerprint density at radius 1 is 1.44 bits per heavy atom. The number of hydrogen-bond acceptors (Lipinski definition) is 4. The van der Waals surface area contributed by atoms with Crippen molar-refractivity contribution in [3.63, 3.8) is 0 Å². The summed E-state index contributed by atoms with van der Waals surface area (Å²) in [7, 11) is 1.62. The molecule has 1 aromatic heterocycles. The molecule has 0 aliphatic heterocycles. The predicted molar refractivity (Wildman–Crippen MR) is 64.8 cm³/mol. The lowest BCUT2D eigenvalue weighted by atomic mass is 10.2. The fraction of sp³-hybridized carbons (Fsp3) is 0.182. The van der Waals surface area contributed by atoms with Crippen LogP contribution in [0.4, 0.5) is 0 Å². The molecule has 0 atom stereocenters. The summed E-state index contributed by atoms with van der Waals surface area (Å²) in [6.07, 6.45) is 0. The minimum atomic E-state index is -0.681. The zero-order valence-corrected chi connectivity index (χ0v) is 10.5. The second-order valence-electron chi connectivity index (χ2n) is 3.72. The van der Waals surface area contributed by atoms with Gasteiger partial charge in [-0.25, -0.2) is 9.59 Å². The Morgan fingerprint density at radius 2 is 2.17 bits per heavy atom. The molecule has 0 radical (unpaired) electrons. The first-order valence-corrected chi connectivity index (χ1v) is 5.41. The van der Waals surface area contributed by atoms with E-state index >= 15 is 0 Å². The smallest absolute Gasteiger partial charge is 0.343 e. The lowest BCUT2D eigenvalue weighted by Crippen LogP contribution is -2.22. The molecule has 0 amide bonds. The van der Waals surface area contributed by atoms with E-state index in [1.54, 1.807) is 26.1 Å². The molecule has 0 saturated carbocycles. The van der Waals surface area contributed by atoms with E-state index < -0.39 is 5.97 Å². The Bertz CT molecular complexity index is 660. The summed E-state index contributed by atoms with van der Waals surface area (Å²) in [6, 6.07) is 6.31. The Labute approximate surface area is 108 Å². The highest BCUT2D eigenvalue weighted by atomic mass is 35.5. The predicted octanol–water partition coefficient (Wildman–Crippen LogP) is 1.19. The number of hydrogen-bond donors (Lipinski definition) is 0. The van der Waals surface area contributed by atoms with Gasteiger partial charge in [0.15, 0.2) is 0 Å². The zero-order chi connectivity index (χ0) is 13.3. The molecule has 2 aromatic rings. The first-order valence-electron chi connectivity index (χ1n) is 5.10. The van der Waals surface area contributed by atoms with Crippen LogP contribution in [-0.4, -0.2) is 20.3 Å². The van der Waals surface area contributed by atoms with Crippen molar-refractivity contribution < 1.29 is 9.08 Å². The SMILES string of the molecule is Cc1nn(-c2cccc(C(=O)OCl)c2)c(=O)n1C. The number of carbonyl (C=O) groups is 1. The van der Waals surface area contributed by atoms with Crippen molar-refractivity contribution in [1.82, 2.24) is 14.3 Å². The number of carbonyl (C=O) groups excluding carboxylic acids is 1. The molecule has 2 rings (SSSR count). The van der Waals surface area contributed by atoms with Gasteiger partial charge in [0.1, 0.15) is 17.7 Å². The summed E-state index contributed by atoms with van der Waals surface area (Å²) < 4.78 is 6.72. The zero-order valence-electron chi connectivity index (χ0n) is 9.75. The van der Waals surface area contributed by atoms with Gasteiger partial charge in [0, 0.05) is 7.05 Å². The van der Waals surface area contributed by atoms with Crippen molar-refractivity contribution in [2.75, 3.05) is 0 Å². The Morgan fingerprint density at radius 3 is 2.72 bits per heavy atom. The molecule has 0 aliphatic carbocycles. The largest absolute Gasteiger partial charge is 0.356 e. The van der Waals surface area contributed by atoms with Crippen LogP contribution in [-0.2, 0) is 11.3 Å². The fourth-order valence-corrected chi connectivity index (χ4v) is 1.60. The summed E-state index contributed by atoms with van der Waals surface area (Å²) in [5.41, 5.74) is 0.435. The maximum atomic E-state index is 11.9. The lowest BCUT2D eigenvalue weighted by Gasteiger charge is -2.01. The molecular weight excluding hydrogens is 258 g/mol. The number of aryl methyl sites for hydroxylation is 1. The van der Waals surface area contributed by atoms with Crippen LogP contribution < -0.4 is 5.69 Å². The van der Waals surface area contributed by atoms with E-state index in [1.807, 2.05) is 0 Å². The van der Waals surface area contributed by atoms with Gasteiger partial charge in [0.2, 0.25) is 0 Å². The number of benzene rings is 1. The molecule has 0 bridgehead atoms. The van der Waals surface area contributed by atoms with Gasteiger partial charge in [0.25, 0.3) is 0 Å². The van der Waals surface area contributed by atoms with E-state index in [0.29, 0.717) is 11.5 Å². The number of rotatable bonds is 2. The van der Waals surface area contributed by atoms with Crippen LogP contribution in [0.1, 0.15) is 16.2 Å². The van der Waals surface area contributed by atoms with Gasteiger partial charge in [-0.15, -0.1) is 0 Å².